The molecule has 4 aromatic carbocycles. The second-order valence-corrected chi connectivity index (χ2v) is 9.12. The van der Waals surface area contributed by atoms with E-state index in [0.29, 0.717) is 45.3 Å². The van der Waals surface area contributed by atoms with Crippen molar-refractivity contribution < 1.29 is 28.6 Å². The van der Waals surface area contributed by atoms with Gasteiger partial charge in [0.2, 0.25) is 5.75 Å². The van der Waals surface area contributed by atoms with Gasteiger partial charge >= 0.3 is 0 Å². The molecular formula is C32H30N4O6. The number of ether oxygens (including phenoxy) is 3. The number of carbonyl (C=O) groups is 3. The number of carbonyl (C=O) groups excluding carboxylic acids is 3. The molecule has 2 amide bonds. The zero-order chi connectivity index (χ0) is 30.2. The number of benzene rings is 4. The van der Waals surface area contributed by atoms with Gasteiger partial charge in [-0.25, -0.2) is 0 Å². The van der Waals surface area contributed by atoms with Gasteiger partial charge in [-0.3, -0.25) is 25.1 Å². The fraction of sp³-hybridized carbons (Fsp3) is 0.125. The minimum atomic E-state index is -0.568. The first-order valence-electron chi connectivity index (χ1n) is 12.8. The van der Waals surface area contributed by atoms with Gasteiger partial charge in [-0.2, -0.15) is 0 Å². The quantitative estimate of drug-likeness (QED) is 0.123. The van der Waals surface area contributed by atoms with Crippen molar-refractivity contribution in [3.05, 3.63) is 113 Å². The number of nitrogens with one attached hydrogen (secondary N) is 4. The van der Waals surface area contributed by atoms with Crippen molar-refractivity contribution in [1.29, 1.82) is 5.41 Å². The standard InChI is InChI=1S/C32H30N4O6/c1-19-10-15-24(34-32(33)36-31(39)23-16-26(40-2)29(42-4)27(17-23)41-3)18-25(19)35-30(38)22-13-11-21(12-14-22)28(37)20-8-6-5-7-9-20/h5-18H,1-4H3,(H,35,38)(H3,33,34,36,39). The number of hydrogen-bond acceptors (Lipinski definition) is 7. The van der Waals surface area contributed by atoms with Gasteiger partial charge in [-0.05, 0) is 48.9 Å². The van der Waals surface area contributed by atoms with Crippen molar-refractivity contribution >= 4 is 34.9 Å². The molecule has 0 aliphatic rings. The number of methoxy groups -OCH3 is 3. The third-order valence-corrected chi connectivity index (χ3v) is 6.37. The van der Waals surface area contributed by atoms with Gasteiger partial charge in [0.1, 0.15) is 0 Å². The van der Waals surface area contributed by atoms with Crippen LogP contribution in [-0.2, 0) is 0 Å². The molecule has 0 fully saturated rings. The lowest BCUT2D eigenvalue weighted by Crippen LogP contribution is -2.35. The normalized spacial score (nSPS) is 10.3. The number of ketones is 1. The summed E-state index contributed by atoms with van der Waals surface area (Å²) in [5.74, 6) is -0.391. The van der Waals surface area contributed by atoms with E-state index in [1.807, 2.05) is 13.0 Å². The van der Waals surface area contributed by atoms with Gasteiger partial charge in [0.05, 0.1) is 21.3 Å². The Labute approximate surface area is 243 Å². The predicted octanol–water partition coefficient (Wildman–Crippen LogP) is 5.28. The maximum atomic E-state index is 13.0. The number of rotatable bonds is 9. The molecule has 0 radical (unpaired) electrons. The van der Waals surface area contributed by atoms with Gasteiger partial charge in [0, 0.05) is 33.6 Å². The lowest BCUT2D eigenvalue weighted by Gasteiger charge is -2.15. The SMILES string of the molecule is COc1cc(C(=O)NC(=N)Nc2ccc(C)c(NC(=O)c3ccc(C(=O)c4ccccc4)cc3)c2)cc(OC)c1OC. The Kier molecular flexibility index (Phi) is 9.18. The molecule has 0 bridgehead atoms. The highest BCUT2D eigenvalue weighted by Crippen LogP contribution is 2.38. The fourth-order valence-electron chi connectivity index (χ4n) is 4.13. The molecule has 4 N–H and O–H groups in total. The molecule has 4 rings (SSSR count). The van der Waals surface area contributed by atoms with Crippen molar-refractivity contribution in [3.63, 3.8) is 0 Å². The van der Waals surface area contributed by atoms with Crippen molar-refractivity contribution in [2.24, 2.45) is 0 Å². The Morgan fingerprint density at radius 2 is 1.24 bits per heavy atom. The molecule has 10 nitrogen and oxygen atoms in total. The fourth-order valence-corrected chi connectivity index (χ4v) is 4.13. The molecule has 0 aromatic heterocycles. The van der Waals surface area contributed by atoms with E-state index in [0.717, 1.165) is 5.56 Å². The predicted molar refractivity (Wildman–Crippen MR) is 160 cm³/mol. The van der Waals surface area contributed by atoms with Crippen LogP contribution in [0.15, 0.2) is 84.9 Å². The molecule has 0 aliphatic carbocycles. The number of hydrogen-bond donors (Lipinski definition) is 4. The summed E-state index contributed by atoms with van der Waals surface area (Å²) in [5, 5.41) is 16.4. The summed E-state index contributed by atoms with van der Waals surface area (Å²) in [4.78, 5) is 38.4. The van der Waals surface area contributed by atoms with Gasteiger partial charge in [0.25, 0.3) is 11.8 Å². The van der Waals surface area contributed by atoms with Crippen LogP contribution in [0.3, 0.4) is 0 Å². The number of anilines is 2. The van der Waals surface area contributed by atoms with Crippen LogP contribution < -0.4 is 30.2 Å². The monoisotopic (exact) mass is 566 g/mol. The molecule has 0 unspecified atom stereocenters. The Hall–Kier alpha value is -5.64. The average Bonchev–Trinajstić information content (AvgIpc) is 3.01. The van der Waals surface area contributed by atoms with Crippen molar-refractivity contribution in [1.82, 2.24) is 5.32 Å². The van der Waals surface area contributed by atoms with Crippen LogP contribution in [0.5, 0.6) is 17.2 Å². The topological polar surface area (TPSA) is 139 Å². The summed E-state index contributed by atoms with van der Waals surface area (Å²) < 4.78 is 15.9. The van der Waals surface area contributed by atoms with Crippen molar-refractivity contribution in [2.45, 2.75) is 6.92 Å². The van der Waals surface area contributed by atoms with Crippen LogP contribution in [0, 0.1) is 12.3 Å². The highest BCUT2D eigenvalue weighted by Gasteiger charge is 2.18. The minimum Gasteiger partial charge on any atom is -0.493 e. The molecule has 0 heterocycles. The van der Waals surface area contributed by atoms with Crippen LogP contribution in [0.1, 0.15) is 42.2 Å². The van der Waals surface area contributed by atoms with E-state index in [2.05, 4.69) is 16.0 Å². The summed E-state index contributed by atoms with van der Waals surface area (Å²) in [5.41, 5.74) is 3.39. The Bertz CT molecular complexity index is 1610. The molecule has 0 spiro atoms. The third-order valence-electron chi connectivity index (χ3n) is 6.37. The summed E-state index contributed by atoms with van der Waals surface area (Å²) in [6, 6.07) is 23.4. The summed E-state index contributed by atoms with van der Waals surface area (Å²) in [7, 11) is 4.35. The Morgan fingerprint density at radius 3 is 1.83 bits per heavy atom. The van der Waals surface area contributed by atoms with E-state index in [1.54, 1.807) is 66.7 Å². The van der Waals surface area contributed by atoms with E-state index in [9.17, 15) is 14.4 Å². The first kappa shape index (κ1) is 29.3. The summed E-state index contributed by atoms with van der Waals surface area (Å²) in [6.07, 6.45) is 0. The van der Waals surface area contributed by atoms with E-state index < -0.39 is 5.91 Å². The van der Waals surface area contributed by atoms with Crippen LogP contribution in [0.25, 0.3) is 0 Å². The van der Waals surface area contributed by atoms with Crippen LogP contribution in [0.4, 0.5) is 11.4 Å². The van der Waals surface area contributed by atoms with Gasteiger partial charge in [-0.15, -0.1) is 0 Å². The average molecular weight is 567 g/mol. The highest BCUT2D eigenvalue weighted by molar-refractivity contribution is 6.11. The highest BCUT2D eigenvalue weighted by atomic mass is 16.5. The smallest absolute Gasteiger partial charge is 0.258 e. The molecule has 42 heavy (non-hydrogen) atoms. The zero-order valence-electron chi connectivity index (χ0n) is 23.5. The first-order valence-corrected chi connectivity index (χ1v) is 12.8. The second-order valence-electron chi connectivity index (χ2n) is 9.12. The van der Waals surface area contributed by atoms with E-state index in [-0.39, 0.29) is 23.2 Å². The van der Waals surface area contributed by atoms with Gasteiger partial charge in [-0.1, -0.05) is 48.5 Å². The van der Waals surface area contributed by atoms with Crippen molar-refractivity contribution in [3.8, 4) is 17.2 Å². The zero-order valence-corrected chi connectivity index (χ0v) is 23.5. The largest absolute Gasteiger partial charge is 0.493 e. The minimum absolute atomic E-state index is 0.128. The van der Waals surface area contributed by atoms with Crippen LogP contribution in [-0.4, -0.2) is 44.9 Å². The lowest BCUT2D eigenvalue weighted by molar-refractivity contribution is 0.0974. The Balaban J connectivity index is 1.41. The van der Waals surface area contributed by atoms with E-state index >= 15 is 0 Å². The summed E-state index contributed by atoms with van der Waals surface area (Å²) in [6.45, 7) is 1.83. The molecular weight excluding hydrogens is 536 g/mol. The van der Waals surface area contributed by atoms with Crippen LogP contribution in [0.2, 0.25) is 0 Å². The number of amides is 2. The molecule has 0 saturated heterocycles. The molecule has 0 saturated carbocycles. The van der Waals surface area contributed by atoms with Gasteiger partial charge in [0.15, 0.2) is 23.2 Å². The van der Waals surface area contributed by atoms with Gasteiger partial charge < -0.3 is 24.8 Å². The second kappa shape index (κ2) is 13.1. The lowest BCUT2D eigenvalue weighted by atomic mass is 10.0. The van der Waals surface area contributed by atoms with Crippen LogP contribution >= 0.6 is 0 Å². The van der Waals surface area contributed by atoms with E-state index in [1.165, 1.54) is 33.5 Å². The maximum Gasteiger partial charge on any atom is 0.258 e. The molecule has 0 atom stereocenters. The third kappa shape index (κ3) is 6.73. The Morgan fingerprint density at radius 1 is 0.643 bits per heavy atom. The molecule has 0 aliphatic heterocycles. The maximum absolute atomic E-state index is 13.0. The molecule has 214 valence electrons. The van der Waals surface area contributed by atoms with E-state index in [4.69, 9.17) is 19.6 Å². The number of aryl methyl sites for hydroxylation is 1. The summed E-state index contributed by atoms with van der Waals surface area (Å²) >= 11 is 0. The molecule has 4 aromatic rings. The number of guanidine groups is 1. The first-order chi connectivity index (χ1) is 20.2. The molecule has 10 heteroatoms. The van der Waals surface area contributed by atoms with Crippen molar-refractivity contribution in [2.75, 3.05) is 32.0 Å².